The molecule has 0 radical (unpaired) electrons. The van der Waals surface area contributed by atoms with E-state index >= 15 is 0 Å². The van der Waals surface area contributed by atoms with Crippen molar-refractivity contribution in [2.45, 2.75) is 315 Å². The van der Waals surface area contributed by atoms with E-state index in [0.29, 0.717) is 19.3 Å². The molecule has 0 heterocycles. The van der Waals surface area contributed by atoms with Crippen LogP contribution in [0.1, 0.15) is 303 Å². The van der Waals surface area contributed by atoms with Crippen LogP contribution in [0, 0.1) is 0 Å². The molecule has 0 aromatic carbocycles. The molecular formula is C70H123O11P. The lowest BCUT2D eigenvalue weighted by molar-refractivity contribution is -0.161. The average molecular weight is 1170 g/mol. The normalized spacial score (nSPS) is 13.8. The van der Waals surface area contributed by atoms with Gasteiger partial charge in [-0.2, -0.15) is 0 Å². The van der Waals surface area contributed by atoms with Crippen LogP contribution in [0.3, 0.4) is 0 Å². The monoisotopic (exact) mass is 1170 g/mol. The minimum atomic E-state index is -4.77. The van der Waals surface area contributed by atoms with Crippen LogP contribution in [-0.2, 0) is 42.2 Å². The number of allylic oxidation sites excluding steroid dienone is 14. The molecule has 2 N–H and O–H groups in total. The Kier molecular flexibility index (Phi) is 61.1. The topological polar surface area (TPSA) is 155 Å². The van der Waals surface area contributed by atoms with E-state index in [0.717, 1.165) is 103 Å². The highest BCUT2D eigenvalue weighted by molar-refractivity contribution is 7.47. The molecule has 0 aliphatic rings. The number of hydrogen-bond acceptors (Lipinski definition) is 10. The minimum absolute atomic E-state index is 0.155. The third kappa shape index (κ3) is 61.2. The van der Waals surface area contributed by atoms with Crippen molar-refractivity contribution in [1.29, 1.82) is 0 Å². The SMILES string of the molecule is CC/C=C\C/C=C\C/C=C\C/C=C\CCCCCCC(=O)OCC(COP(=O)(O)OCC(CO)OC(=O)CCCCCCCCCCC/C=C\CCCCCCCC)OC(=O)CCCCCCCCCCC/C=C\C/C=C\CCCCC. The maximum absolute atomic E-state index is 13.0. The molecule has 0 spiro atoms. The van der Waals surface area contributed by atoms with Gasteiger partial charge in [0.1, 0.15) is 12.7 Å². The van der Waals surface area contributed by atoms with Crippen molar-refractivity contribution in [2.24, 2.45) is 0 Å². The Hall–Kier alpha value is -3.34. The van der Waals surface area contributed by atoms with Crippen LogP contribution in [0.4, 0.5) is 0 Å². The fourth-order valence-electron chi connectivity index (χ4n) is 9.20. The molecule has 0 saturated carbocycles. The molecule has 0 amide bonds. The van der Waals surface area contributed by atoms with Gasteiger partial charge in [0.05, 0.1) is 19.8 Å². The van der Waals surface area contributed by atoms with Crippen LogP contribution in [-0.4, -0.2) is 66.5 Å². The van der Waals surface area contributed by atoms with Gasteiger partial charge in [0.2, 0.25) is 0 Å². The molecule has 474 valence electrons. The van der Waals surface area contributed by atoms with E-state index in [1.165, 1.54) is 141 Å². The van der Waals surface area contributed by atoms with E-state index in [1.54, 1.807) is 0 Å². The van der Waals surface area contributed by atoms with Crippen LogP contribution >= 0.6 is 7.82 Å². The quantitative estimate of drug-likeness (QED) is 0.0197. The Morgan fingerprint density at radius 1 is 0.354 bits per heavy atom. The molecular weight excluding hydrogens is 1050 g/mol. The first-order valence-electron chi connectivity index (χ1n) is 33.5. The first kappa shape index (κ1) is 78.7. The molecule has 82 heavy (non-hydrogen) atoms. The van der Waals surface area contributed by atoms with Crippen molar-refractivity contribution in [3.63, 3.8) is 0 Å². The van der Waals surface area contributed by atoms with Gasteiger partial charge in [-0.05, 0) is 116 Å². The predicted molar refractivity (Wildman–Crippen MR) is 344 cm³/mol. The molecule has 0 aliphatic carbocycles. The lowest BCUT2D eigenvalue weighted by atomic mass is 10.1. The fourth-order valence-corrected chi connectivity index (χ4v) is 9.98. The molecule has 0 fully saturated rings. The Morgan fingerprint density at radius 2 is 0.634 bits per heavy atom. The van der Waals surface area contributed by atoms with Crippen LogP contribution in [0.2, 0.25) is 0 Å². The summed E-state index contributed by atoms with van der Waals surface area (Å²) in [6.07, 6.45) is 75.3. The summed E-state index contributed by atoms with van der Waals surface area (Å²) in [7, 11) is -4.77. The molecule has 0 aliphatic heterocycles. The number of unbranched alkanes of at least 4 members (excludes halogenated alkanes) is 31. The molecule has 3 atom stereocenters. The number of carbonyl (C=O) groups excluding carboxylic acids is 3. The highest BCUT2D eigenvalue weighted by Crippen LogP contribution is 2.43. The number of phosphoric acid groups is 1. The molecule has 0 bridgehead atoms. The van der Waals surface area contributed by atoms with Gasteiger partial charge in [-0.15, -0.1) is 0 Å². The molecule has 0 saturated heterocycles. The van der Waals surface area contributed by atoms with Crippen molar-refractivity contribution >= 4 is 25.7 Å². The number of esters is 3. The van der Waals surface area contributed by atoms with Gasteiger partial charge in [0.15, 0.2) is 6.10 Å². The second-order valence-electron chi connectivity index (χ2n) is 22.2. The van der Waals surface area contributed by atoms with Crippen molar-refractivity contribution in [3.8, 4) is 0 Å². The van der Waals surface area contributed by atoms with E-state index in [1.807, 2.05) is 0 Å². The second-order valence-corrected chi connectivity index (χ2v) is 23.7. The zero-order valence-electron chi connectivity index (χ0n) is 52.7. The zero-order chi connectivity index (χ0) is 59.8. The molecule has 12 heteroatoms. The highest BCUT2D eigenvalue weighted by Gasteiger charge is 2.28. The molecule has 11 nitrogen and oxygen atoms in total. The van der Waals surface area contributed by atoms with Crippen molar-refractivity contribution < 1.29 is 52.2 Å². The Bertz CT molecular complexity index is 1700. The maximum Gasteiger partial charge on any atom is 0.472 e. The van der Waals surface area contributed by atoms with Gasteiger partial charge in [-0.25, -0.2) is 4.57 Å². The van der Waals surface area contributed by atoms with Crippen LogP contribution in [0.25, 0.3) is 0 Å². The van der Waals surface area contributed by atoms with E-state index in [9.17, 15) is 28.9 Å². The van der Waals surface area contributed by atoms with E-state index in [-0.39, 0.29) is 25.9 Å². The van der Waals surface area contributed by atoms with E-state index in [2.05, 4.69) is 106 Å². The summed E-state index contributed by atoms with van der Waals surface area (Å²) in [5.74, 6) is -1.49. The Labute approximate surface area is 502 Å². The standard InChI is InChI=1S/C70H123O11P/c1-4-7-10-13-16-19-22-25-28-31-33-36-39-42-45-48-51-54-57-60-69(73)80-66(62-71)64-78-82(75,76)79-65-67(63-77-68(72)59-56-53-50-47-44-41-38-35-30-27-24-21-18-15-12-9-6-3)81-70(74)61-58-55-52-49-46-43-40-37-34-32-29-26-23-20-17-14-11-8-5-2/h9,12,17-18,20-21,25-30,38,41,66-67,71H,4-8,10-11,13-16,19,22-24,31-37,39-40,42-65H2,1-3H3,(H,75,76)/b12-9-,20-17-,21-18-,28-25-,29-26-,30-27-,41-38-. The molecule has 0 aromatic heterocycles. The number of hydrogen-bond donors (Lipinski definition) is 2. The first-order valence-corrected chi connectivity index (χ1v) is 35.0. The summed E-state index contributed by atoms with van der Waals surface area (Å²) in [4.78, 5) is 48.8. The van der Waals surface area contributed by atoms with Crippen LogP contribution in [0.5, 0.6) is 0 Å². The summed E-state index contributed by atoms with van der Waals surface area (Å²) in [5, 5.41) is 9.87. The minimum Gasteiger partial charge on any atom is -0.462 e. The number of aliphatic hydroxyl groups is 1. The second kappa shape index (κ2) is 63.7. The zero-order valence-corrected chi connectivity index (χ0v) is 53.6. The summed E-state index contributed by atoms with van der Waals surface area (Å²) in [6, 6.07) is 0. The van der Waals surface area contributed by atoms with Crippen molar-refractivity contribution in [3.05, 3.63) is 85.1 Å². The summed E-state index contributed by atoms with van der Waals surface area (Å²) in [6.45, 7) is 4.52. The number of ether oxygens (including phenoxy) is 3. The summed E-state index contributed by atoms with van der Waals surface area (Å²) >= 11 is 0. The highest BCUT2D eigenvalue weighted by atomic mass is 31.2. The number of aliphatic hydroxyl groups excluding tert-OH is 1. The lowest BCUT2D eigenvalue weighted by Gasteiger charge is -2.21. The number of carbonyl (C=O) groups is 3. The van der Waals surface area contributed by atoms with Gasteiger partial charge >= 0.3 is 25.7 Å². The summed E-state index contributed by atoms with van der Waals surface area (Å²) in [5.41, 5.74) is 0. The lowest BCUT2D eigenvalue weighted by Crippen LogP contribution is -2.30. The summed E-state index contributed by atoms with van der Waals surface area (Å²) < 4.78 is 39.7. The van der Waals surface area contributed by atoms with Gasteiger partial charge in [0, 0.05) is 19.3 Å². The van der Waals surface area contributed by atoms with Crippen LogP contribution in [0.15, 0.2) is 85.1 Å². The van der Waals surface area contributed by atoms with Crippen LogP contribution < -0.4 is 0 Å². The smallest absolute Gasteiger partial charge is 0.462 e. The predicted octanol–water partition coefficient (Wildman–Crippen LogP) is 20.6. The van der Waals surface area contributed by atoms with Gasteiger partial charge in [-0.3, -0.25) is 23.4 Å². The van der Waals surface area contributed by atoms with Crippen molar-refractivity contribution in [2.75, 3.05) is 26.4 Å². The van der Waals surface area contributed by atoms with Gasteiger partial charge in [-0.1, -0.05) is 254 Å². The number of phosphoric ester groups is 1. The largest absolute Gasteiger partial charge is 0.472 e. The van der Waals surface area contributed by atoms with E-state index in [4.69, 9.17) is 23.3 Å². The Morgan fingerprint density at radius 3 is 1.01 bits per heavy atom. The third-order valence-corrected chi connectivity index (χ3v) is 15.2. The van der Waals surface area contributed by atoms with Gasteiger partial charge < -0.3 is 24.2 Å². The fraction of sp³-hybridized carbons (Fsp3) is 0.757. The molecule has 3 unspecified atom stereocenters. The average Bonchev–Trinajstić information content (AvgIpc) is 3.47. The maximum atomic E-state index is 13.0. The Balaban J connectivity index is 4.70. The van der Waals surface area contributed by atoms with Gasteiger partial charge in [0.25, 0.3) is 0 Å². The third-order valence-electron chi connectivity index (χ3n) is 14.3. The first-order chi connectivity index (χ1) is 40.2. The number of rotatable bonds is 62. The van der Waals surface area contributed by atoms with Crippen molar-refractivity contribution in [1.82, 2.24) is 0 Å². The molecule has 0 rings (SSSR count). The van der Waals surface area contributed by atoms with E-state index < -0.39 is 57.8 Å². The molecule has 0 aromatic rings.